The predicted molar refractivity (Wildman–Crippen MR) is 92.3 cm³/mol. The summed E-state index contributed by atoms with van der Waals surface area (Å²) in [6.45, 7) is 10.7. The van der Waals surface area contributed by atoms with E-state index < -0.39 is 0 Å². The third kappa shape index (κ3) is 9.38. The molecule has 0 saturated heterocycles. The Bertz CT molecular complexity index is 412. The summed E-state index contributed by atoms with van der Waals surface area (Å²) in [4.78, 5) is 0. The van der Waals surface area contributed by atoms with Crippen molar-refractivity contribution in [3.8, 4) is 0 Å². The molecule has 0 fully saturated rings. The maximum atomic E-state index is 2.18. The van der Waals surface area contributed by atoms with Crippen LogP contribution < -0.4 is 0 Å². The van der Waals surface area contributed by atoms with Crippen LogP contribution in [0.2, 0.25) is 0 Å². The fourth-order valence-electron chi connectivity index (χ4n) is 1.54. The van der Waals surface area contributed by atoms with Gasteiger partial charge in [-0.3, -0.25) is 0 Å². The Morgan fingerprint density at radius 2 is 1.00 bits per heavy atom. The Labute approximate surface area is 125 Å². The van der Waals surface area contributed by atoms with Crippen molar-refractivity contribution >= 4 is 0 Å². The molecular formula is C20H30. The Balaban J connectivity index is 0.000000304. The Morgan fingerprint density at radius 1 is 0.600 bits per heavy atom. The first kappa shape index (κ1) is 18.4. The summed E-state index contributed by atoms with van der Waals surface area (Å²) in [6.07, 6.45) is 3.53. The van der Waals surface area contributed by atoms with E-state index in [1.165, 1.54) is 23.1 Å². The van der Waals surface area contributed by atoms with Gasteiger partial charge in [0, 0.05) is 0 Å². The maximum Gasteiger partial charge on any atom is -0.0307 e. The lowest BCUT2D eigenvalue weighted by molar-refractivity contribution is 1.09. The van der Waals surface area contributed by atoms with Crippen molar-refractivity contribution in [2.75, 3.05) is 0 Å². The van der Waals surface area contributed by atoms with Crippen molar-refractivity contribution in [1.82, 2.24) is 0 Å². The highest BCUT2D eigenvalue weighted by Crippen LogP contribution is 2.02. The average Bonchev–Trinajstić information content (AvgIpc) is 2.50. The molecule has 0 aliphatic heterocycles. The van der Waals surface area contributed by atoms with Gasteiger partial charge >= 0.3 is 0 Å². The summed E-state index contributed by atoms with van der Waals surface area (Å²) in [5.74, 6) is 0. The van der Waals surface area contributed by atoms with Crippen LogP contribution in [0.5, 0.6) is 0 Å². The lowest BCUT2D eigenvalue weighted by Crippen LogP contribution is -1.77. The summed E-state index contributed by atoms with van der Waals surface area (Å²) in [7, 11) is 0. The zero-order valence-electron chi connectivity index (χ0n) is 13.8. The molecule has 0 atom stereocenters. The van der Waals surface area contributed by atoms with Gasteiger partial charge in [0.05, 0.1) is 0 Å². The highest BCUT2D eigenvalue weighted by atomic mass is 13.9. The molecule has 0 spiro atoms. The zero-order valence-corrected chi connectivity index (χ0v) is 13.8. The normalized spacial score (nSPS) is 8.85. The molecule has 2 aromatic carbocycles. The van der Waals surface area contributed by atoms with Crippen molar-refractivity contribution in [3.05, 3.63) is 71.3 Å². The first-order valence-corrected chi connectivity index (χ1v) is 7.77. The summed E-state index contributed by atoms with van der Waals surface area (Å²) < 4.78 is 0. The number of hydrogen-bond donors (Lipinski definition) is 0. The summed E-state index contributed by atoms with van der Waals surface area (Å²) >= 11 is 0. The first-order chi connectivity index (χ1) is 9.67. The van der Waals surface area contributed by atoms with Crippen LogP contribution in [-0.4, -0.2) is 0 Å². The molecule has 0 nitrogen and oxygen atoms in total. The molecule has 0 bridgehead atoms. The SMILES string of the molecule is CCC.CCc1ccc(C)cc1.CCc1ccccc1. The lowest BCUT2D eigenvalue weighted by Gasteiger charge is -1.94. The highest BCUT2D eigenvalue weighted by molar-refractivity contribution is 5.20. The number of rotatable bonds is 2. The van der Waals surface area contributed by atoms with Crippen LogP contribution in [0.4, 0.5) is 0 Å². The van der Waals surface area contributed by atoms with E-state index in [2.05, 4.69) is 83.1 Å². The molecule has 0 radical (unpaired) electrons. The highest BCUT2D eigenvalue weighted by Gasteiger charge is 1.84. The average molecular weight is 270 g/mol. The van der Waals surface area contributed by atoms with Crippen LogP contribution in [-0.2, 0) is 12.8 Å². The van der Waals surface area contributed by atoms with Crippen LogP contribution in [0.1, 0.15) is 50.8 Å². The Morgan fingerprint density at radius 3 is 1.35 bits per heavy atom. The van der Waals surface area contributed by atoms with E-state index in [1.54, 1.807) is 0 Å². The molecule has 2 aromatic rings. The van der Waals surface area contributed by atoms with Gasteiger partial charge in [0.1, 0.15) is 0 Å². The molecular weight excluding hydrogens is 240 g/mol. The fraction of sp³-hybridized carbons (Fsp3) is 0.400. The van der Waals surface area contributed by atoms with E-state index in [4.69, 9.17) is 0 Å². The molecule has 0 unspecified atom stereocenters. The molecule has 0 heteroatoms. The van der Waals surface area contributed by atoms with Crippen molar-refractivity contribution in [1.29, 1.82) is 0 Å². The monoisotopic (exact) mass is 270 g/mol. The summed E-state index contributed by atoms with van der Waals surface area (Å²) in [5, 5.41) is 0. The minimum Gasteiger partial charge on any atom is -0.0656 e. The molecule has 0 N–H and O–H groups in total. The first-order valence-electron chi connectivity index (χ1n) is 7.77. The van der Waals surface area contributed by atoms with Crippen molar-refractivity contribution < 1.29 is 0 Å². The van der Waals surface area contributed by atoms with Gasteiger partial charge in [-0.25, -0.2) is 0 Å². The second-order valence-corrected chi connectivity index (χ2v) is 4.89. The third-order valence-electron chi connectivity index (χ3n) is 2.78. The fourth-order valence-corrected chi connectivity index (χ4v) is 1.54. The lowest BCUT2D eigenvalue weighted by atomic mass is 10.1. The molecule has 0 saturated carbocycles. The molecule has 20 heavy (non-hydrogen) atoms. The second-order valence-electron chi connectivity index (χ2n) is 4.89. The number of aryl methyl sites for hydroxylation is 3. The van der Waals surface area contributed by atoms with Crippen molar-refractivity contribution in [2.24, 2.45) is 0 Å². The van der Waals surface area contributed by atoms with Crippen LogP contribution in [0.25, 0.3) is 0 Å². The van der Waals surface area contributed by atoms with Gasteiger partial charge in [-0.1, -0.05) is 94.3 Å². The molecule has 110 valence electrons. The van der Waals surface area contributed by atoms with Crippen molar-refractivity contribution in [3.63, 3.8) is 0 Å². The molecule has 2 rings (SSSR count). The van der Waals surface area contributed by atoms with Crippen LogP contribution in [0.15, 0.2) is 54.6 Å². The summed E-state index contributed by atoms with van der Waals surface area (Å²) in [5.41, 5.74) is 4.17. The molecule has 0 aromatic heterocycles. The maximum absolute atomic E-state index is 2.18. The van der Waals surface area contributed by atoms with Crippen molar-refractivity contribution in [2.45, 2.75) is 53.9 Å². The molecule has 0 aliphatic carbocycles. The standard InChI is InChI=1S/C9H12.C8H10.C3H8/c1-3-9-6-4-8(2)5-7-9;1-2-8-6-4-3-5-7-8;1-3-2/h4-7H,3H2,1-2H3;3-7H,2H2,1H3;3H2,1-2H3. The number of benzene rings is 2. The largest absolute Gasteiger partial charge is 0.0656 e. The smallest absolute Gasteiger partial charge is 0.0307 e. The van der Waals surface area contributed by atoms with Gasteiger partial charge in [-0.2, -0.15) is 0 Å². The Kier molecular flexibility index (Phi) is 11.5. The van der Waals surface area contributed by atoms with Gasteiger partial charge in [0.25, 0.3) is 0 Å². The van der Waals surface area contributed by atoms with E-state index in [9.17, 15) is 0 Å². The van der Waals surface area contributed by atoms with Gasteiger partial charge < -0.3 is 0 Å². The number of hydrogen-bond acceptors (Lipinski definition) is 0. The molecule has 0 aliphatic rings. The minimum absolute atomic E-state index is 1.14. The molecule has 0 amide bonds. The van der Waals surface area contributed by atoms with E-state index >= 15 is 0 Å². The molecule has 0 heterocycles. The van der Waals surface area contributed by atoms with E-state index in [0.717, 1.165) is 12.8 Å². The Hall–Kier alpha value is -1.56. The third-order valence-corrected chi connectivity index (χ3v) is 2.78. The van der Waals surface area contributed by atoms with E-state index in [1.807, 2.05) is 6.07 Å². The van der Waals surface area contributed by atoms with E-state index in [0.29, 0.717) is 0 Å². The van der Waals surface area contributed by atoms with Gasteiger partial charge in [0.2, 0.25) is 0 Å². The van der Waals surface area contributed by atoms with Crippen LogP contribution >= 0.6 is 0 Å². The van der Waals surface area contributed by atoms with Gasteiger partial charge in [-0.05, 0) is 30.9 Å². The zero-order chi connectivity index (χ0) is 15.2. The van der Waals surface area contributed by atoms with E-state index in [-0.39, 0.29) is 0 Å². The van der Waals surface area contributed by atoms with Gasteiger partial charge in [0.15, 0.2) is 0 Å². The minimum atomic E-state index is 1.14. The second kappa shape index (κ2) is 12.5. The van der Waals surface area contributed by atoms with Crippen LogP contribution in [0.3, 0.4) is 0 Å². The topological polar surface area (TPSA) is 0 Å². The predicted octanol–water partition coefficient (Wildman–Crippen LogP) is 6.22. The van der Waals surface area contributed by atoms with Crippen LogP contribution in [0, 0.1) is 6.92 Å². The summed E-state index contributed by atoms with van der Waals surface area (Å²) in [6, 6.07) is 19.1. The quantitative estimate of drug-likeness (QED) is 0.607. The van der Waals surface area contributed by atoms with Gasteiger partial charge in [-0.15, -0.1) is 0 Å².